The number of hydrogen-bond acceptors (Lipinski definition) is 2. The van der Waals surface area contributed by atoms with Gasteiger partial charge in [0.05, 0.1) is 0 Å². The predicted molar refractivity (Wildman–Crippen MR) is 82.0 cm³/mol. The maximum Gasteiger partial charge on any atom is 0.127 e. The number of ether oxygens (including phenoxy) is 1. The molecule has 1 N–H and O–H groups in total. The molecule has 2 aromatic rings. The number of benzene rings is 2. The van der Waals surface area contributed by atoms with Gasteiger partial charge in [-0.3, -0.25) is 0 Å². The molecule has 0 fully saturated rings. The molecule has 0 radical (unpaired) electrons. The van der Waals surface area contributed by atoms with Crippen molar-refractivity contribution in [2.75, 3.05) is 0 Å². The van der Waals surface area contributed by atoms with E-state index in [0.29, 0.717) is 13.0 Å². The maximum absolute atomic E-state index is 9.99. The Balaban J connectivity index is 2.14. The molecule has 2 rings (SSSR count). The molecule has 104 valence electrons. The summed E-state index contributed by atoms with van der Waals surface area (Å²) in [7, 11) is 0. The van der Waals surface area contributed by atoms with Gasteiger partial charge < -0.3 is 9.84 Å². The highest BCUT2D eigenvalue weighted by Crippen LogP contribution is 2.29. The lowest BCUT2D eigenvalue weighted by molar-refractivity contribution is 0.301. The highest BCUT2D eigenvalue weighted by atomic mass is 16.5. The monoisotopic (exact) mass is 268 g/mol. The van der Waals surface area contributed by atoms with Gasteiger partial charge in [0.1, 0.15) is 18.1 Å². The van der Waals surface area contributed by atoms with E-state index in [1.807, 2.05) is 56.3 Å². The van der Waals surface area contributed by atoms with Gasteiger partial charge in [0.15, 0.2) is 0 Å². The molecule has 0 amide bonds. The van der Waals surface area contributed by atoms with Gasteiger partial charge in [-0.2, -0.15) is 0 Å². The molecule has 0 saturated carbocycles. The van der Waals surface area contributed by atoms with E-state index in [2.05, 4.69) is 6.08 Å². The van der Waals surface area contributed by atoms with E-state index in [0.717, 1.165) is 16.9 Å². The number of allylic oxidation sites excluding steroid dienone is 2. The number of rotatable bonds is 5. The lowest BCUT2D eigenvalue weighted by Crippen LogP contribution is -1.98. The Morgan fingerprint density at radius 2 is 1.80 bits per heavy atom. The lowest BCUT2D eigenvalue weighted by Gasteiger charge is -2.12. The zero-order chi connectivity index (χ0) is 14.4. The first-order chi connectivity index (χ1) is 9.66. The second-order valence-electron chi connectivity index (χ2n) is 5.01. The van der Waals surface area contributed by atoms with Crippen LogP contribution >= 0.6 is 0 Å². The van der Waals surface area contributed by atoms with E-state index in [1.165, 1.54) is 5.57 Å². The Bertz CT molecular complexity index is 582. The topological polar surface area (TPSA) is 29.5 Å². The van der Waals surface area contributed by atoms with Crippen LogP contribution < -0.4 is 4.74 Å². The first-order valence-electron chi connectivity index (χ1n) is 6.78. The van der Waals surface area contributed by atoms with Crippen LogP contribution in [0.5, 0.6) is 11.5 Å². The van der Waals surface area contributed by atoms with Crippen molar-refractivity contribution in [2.24, 2.45) is 0 Å². The number of phenolic OH excluding ortho intramolecular Hbond substituents is 1. The average molecular weight is 268 g/mol. The Morgan fingerprint density at radius 3 is 2.50 bits per heavy atom. The lowest BCUT2D eigenvalue weighted by atomic mass is 10.1. The molecule has 0 heterocycles. The third-order valence-corrected chi connectivity index (χ3v) is 3.06. The second-order valence-corrected chi connectivity index (χ2v) is 5.01. The molecule has 0 bridgehead atoms. The molecular weight excluding hydrogens is 248 g/mol. The molecule has 2 nitrogen and oxygen atoms in total. The first-order valence-corrected chi connectivity index (χ1v) is 6.78. The van der Waals surface area contributed by atoms with Gasteiger partial charge in [-0.05, 0) is 38.0 Å². The predicted octanol–water partition coefficient (Wildman–Crippen LogP) is 4.48. The summed E-state index contributed by atoms with van der Waals surface area (Å²) in [5, 5.41) is 9.99. The van der Waals surface area contributed by atoms with E-state index in [9.17, 15) is 5.11 Å². The summed E-state index contributed by atoms with van der Waals surface area (Å²) in [6.07, 6.45) is 2.77. The van der Waals surface area contributed by atoms with E-state index in [1.54, 1.807) is 6.07 Å². The van der Waals surface area contributed by atoms with Crippen LogP contribution in [0.15, 0.2) is 60.2 Å². The summed E-state index contributed by atoms with van der Waals surface area (Å²) >= 11 is 0. The summed E-state index contributed by atoms with van der Waals surface area (Å²) in [5.41, 5.74) is 3.18. The van der Waals surface area contributed by atoms with Gasteiger partial charge in [0.25, 0.3) is 0 Å². The van der Waals surface area contributed by atoms with Crippen LogP contribution in [0.2, 0.25) is 0 Å². The molecule has 0 unspecified atom stereocenters. The molecular formula is C18H20O2. The Labute approximate surface area is 120 Å². The Hall–Kier alpha value is -2.22. The van der Waals surface area contributed by atoms with Crippen LogP contribution in [-0.4, -0.2) is 5.11 Å². The minimum absolute atomic E-state index is 0.285. The van der Waals surface area contributed by atoms with Crippen LogP contribution in [-0.2, 0) is 13.0 Å². The maximum atomic E-state index is 9.99. The van der Waals surface area contributed by atoms with Gasteiger partial charge in [0.2, 0.25) is 0 Å². The largest absolute Gasteiger partial charge is 0.508 e. The fourth-order valence-corrected chi connectivity index (χ4v) is 1.94. The van der Waals surface area contributed by atoms with Gasteiger partial charge in [-0.25, -0.2) is 0 Å². The molecule has 0 atom stereocenters. The number of aromatic hydroxyl groups is 1. The van der Waals surface area contributed by atoms with Crippen molar-refractivity contribution in [2.45, 2.75) is 26.9 Å². The molecule has 2 heteroatoms. The molecule has 0 aliphatic rings. The summed E-state index contributed by atoms with van der Waals surface area (Å²) in [6, 6.07) is 15.4. The van der Waals surface area contributed by atoms with Crippen LogP contribution in [0.3, 0.4) is 0 Å². The van der Waals surface area contributed by atoms with Crippen molar-refractivity contribution in [3.05, 3.63) is 71.3 Å². The van der Waals surface area contributed by atoms with E-state index in [-0.39, 0.29) is 5.75 Å². The van der Waals surface area contributed by atoms with Gasteiger partial charge in [-0.1, -0.05) is 48.0 Å². The number of hydrogen-bond donors (Lipinski definition) is 1. The van der Waals surface area contributed by atoms with Gasteiger partial charge >= 0.3 is 0 Å². The fraction of sp³-hybridized carbons (Fsp3) is 0.222. The quantitative estimate of drug-likeness (QED) is 0.810. The standard InChI is InChI=1S/C18H20O2/c1-14(2)11-12-16-17(19)9-6-10-18(16)20-13-15-7-4-3-5-8-15/h3-11,19H,12-13H2,1-2H3. The van der Waals surface area contributed by atoms with Crippen molar-refractivity contribution in [3.8, 4) is 11.5 Å². The van der Waals surface area contributed by atoms with Crippen LogP contribution in [0, 0.1) is 0 Å². The van der Waals surface area contributed by atoms with Crippen molar-refractivity contribution >= 4 is 0 Å². The van der Waals surface area contributed by atoms with E-state index in [4.69, 9.17) is 4.74 Å². The van der Waals surface area contributed by atoms with Crippen molar-refractivity contribution in [3.63, 3.8) is 0 Å². The minimum Gasteiger partial charge on any atom is -0.508 e. The van der Waals surface area contributed by atoms with Crippen molar-refractivity contribution in [1.82, 2.24) is 0 Å². The summed E-state index contributed by atoms with van der Waals surface area (Å²) in [6.45, 7) is 4.60. The molecule has 0 aromatic heterocycles. The Kier molecular flexibility index (Phi) is 4.83. The minimum atomic E-state index is 0.285. The Morgan fingerprint density at radius 1 is 1.05 bits per heavy atom. The third-order valence-electron chi connectivity index (χ3n) is 3.06. The third kappa shape index (κ3) is 3.89. The van der Waals surface area contributed by atoms with Crippen LogP contribution in [0.1, 0.15) is 25.0 Å². The second kappa shape index (κ2) is 6.80. The first kappa shape index (κ1) is 14.2. The zero-order valence-electron chi connectivity index (χ0n) is 12.0. The molecule has 20 heavy (non-hydrogen) atoms. The zero-order valence-corrected chi connectivity index (χ0v) is 12.0. The van der Waals surface area contributed by atoms with Gasteiger partial charge in [0, 0.05) is 5.56 Å². The summed E-state index contributed by atoms with van der Waals surface area (Å²) in [4.78, 5) is 0. The van der Waals surface area contributed by atoms with Gasteiger partial charge in [-0.15, -0.1) is 0 Å². The summed E-state index contributed by atoms with van der Waals surface area (Å²) in [5.74, 6) is 1.03. The van der Waals surface area contributed by atoms with E-state index >= 15 is 0 Å². The van der Waals surface area contributed by atoms with Crippen LogP contribution in [0.4, 0.5) is 0 Å². The highest BCUT2D eigenvalue weighted by Gasteiger charge is 2.08. The van der Waals surface area contributed by atoms with Crippen molar-refractivity contribution in [1.29, 1.82) is 0 Å². The molecule has 0 aliphatic carbocycles. The fourth-order valence-electron chi connectivity index (χ4n) is 1.94. The average Bonchev–Trinajstić information content (AvgIpc) is 2.45. The molecule has 2 aromatic carbocycles. The highest BCUT2D eigenvalue weighted by molar-refractivity contribution is 5.45. The normalized spacial score (nSPS) is 10.1. The van der Waals surface area contributed by atoms with Crippen molar-refractivity contribution < 1.29 is 9.84 Å². The SMILES string of the molecule is CC(C)=CCc1c(O)cccc1OCc1ccccc1. The van der Waals surface area contributed by atoms with Crippen LogP contribution in [0.25, 0.3) is 0 Å². The molecule has 0 saturated heterocycles. The molecule has 0 spiro atoms. The molecule has 0 aliphatic heterocycles. The number of phenols is 1. The van der Waals surface area contributed by atoms with E-state index < -0.39 is 0 Å². The smallest absolute Gasteiger partial charge is 0.127 e. The summed E-state index contributed by atoms with van der Waals surface area (Å²) < 4.78 is 5.85.